The topological polar surface area (TPSA) is 67.8 Å². The molecule has 0 atom stereocenters. The summed E-state index contributed by atoms with van der Waals surface area (Å²) in [5.41, 5.74) is 0.706. The number of carbonyl (C=O) groups is 1. The summed E-state index contributed by atoms with van der Waals surface area (Å²) in [6.45, 7) is -2.98. The number of alkyl carbamates (subject to hydrolysis) is 1. The molecular weight excluding hydrogens is 248 g/mol. The molecule has 0 bridgehead atoms. The molecule has 18 heavy (non-hydrogen) atoms. The molecule has 0 radical (unpaired) electrons. The summed E-state index contributed by atoms with van der Waals surface area (Å²) >= 11 is 0. The fourth-order valence-corrected chi connectivity index (χ4v) is 1.15. The lowest BCUT2D eigenvalue weighted by Crippen LogP contribution is -2.24. The van der Waals surface area contributed by atoms with E-state index in [2.05, 4.69) is 14.8 Å². The number of ether oxygens (including phenoxy) is 2. The molecule has 0 fully saturated rings. The summed E-state index contributed by atoms with van der Waals surface area (Å²) in [6.07, 6.45) is -0.656. The van der Waals surface area contributed by atoms with Gasteiger partial charge in [0.1, 0.15) is 12.4 Å². The van der Waals surface area contributed by atoms with Gasteiger partial charge in [0, 0.05) is 6.54 Å². The van der Waals surface area contributed by atoms with Crippen LogP contribution in [0.25, 0.3) is 0 Å². The van der Waals surface area contributed by atoms with Crippen LogP contribution in [-0.4, -0.2) is 31.0 Å². The van der Waals surface area contributed by atoms with Gasteiger partial charge in [0.25, 0.3) is 0 Å². The molecular formula is C11H13F2NO4. The fourth-order valence-electron chi connectivity index (χ4n) is 1.15. The summed E-state index contributed by atoms with van der Waals surface area (Å²) in [7, 11) is 0. The van der Waals surface area contributed by atoms with Gasteiger partial charge in [-0.05, 0) is 17.7 Å². The Kier molecular flexibility index (Phi) is 5.86. The van der Waals surface area contributed by atoms with E-state index in [0.717, 1.165) is 0 Å². The molecule has 0 spiro atoms. The fraction of sp³-hybridized carbons (Fsp3) is 0.364. The highest BCUT2D eigenvalue weighted by molar-refractivity contribution is 5.67. The highest BCUT2D eigenvalue weighted by atomic mass is 19.3. The van der Waals surface area contributed by atoms with Gasteiger partial charge in [-0.1, -0.05) is 12.1 Å². The molecule has 0 saturated heterocycles. The van der Waals surface area contributed by atoms with Crippen LogP contribution in [0.1, 0.15) is 5.56 Å². The van der Waals surface area contributed by atoms with E-state index >= 15 is 0 Å². The lowest BCUT2D eigenvalue weighted by molar-refractivity contribution is -0.0498. The molecule has 0 aliphatic rings. The number of hydrogen-bond acceptors (Lipinski definition) is 4. The molecule has 0 unspecified atom stereocenters. The van der Waals surface area contributed by atoms with E-state index in [-0.39, 0.29) is 25.5 Å². The molecule has 100 valence electrons. The van der Waals surface area contributed by atoms with Crippen molar-refractivity contribution >= 4 is 6.09 Å². The SMILES string of the molecule is O=C(NCc1ccc(OC(F)F)cc1)OCCO. The van der Waals surface area contributed by atoms with Crippen LogP contribution in [-0.2, 0) is 11.3 Å². The summed E-state index contributed by atoms with van der Waals surface area (Å²) in [5, 5.41) is 10.9. The van der Waals surface area contributed by atoms with Crippen LogP contribution in [0, 0.1) is 0 Å². The Morgan fingerprint density at radius 2 is 2.00 bits per heavy atom. The number of benzene rings is 1. The van der Waals surface area contributed by atoms with Crippen LogP contribution >= 0.6 is 0 Å². The van der Waals surface area contributed by atoms with E-state index in [0.29, 0.717) is 5.56 Å². The molecule has 7 heteroatoms. The molecule has 2 N–H and O–H groups in total. The molecule has 0 saturated carbocycles. The van der Waals surface area contributed by atoms with Gasteiger partial charge in [-0.15, -0.1) is 0 Å². The zero-order valence-electron chi connectivity index (χ0n) is 9.44. The number of aliphatic hydroxyl groups is 1. The van der Waals surface area contributed by atoms with Gasteiger partial charge in [0.15, 0.2) is 0 Å². The Balaban J connectivity index is 2.37. The number of aliphatic hydroxyl groups excluding tert-OH is 1. The maximum atomic E-state index is 11.9. The normalized spacial score (nSPS) is 10.2. The maximum absolute atomic E-state index is 11.9. The number of amides is 1. The average molecular weight is 261 g/mol. The van der Waals surface area contributed by atoms with Gasteiger partial charge in [-0.2, -0.15) is 8.78 Å². The van der Waals surface area contributed by atoms with Crippen molar-refractivity contribution in [3.05, 3.63) is 29.8 Å². The Labute approximate surface area is 102 Å². The van der Waals surface area contributed by atoms with Crippen molar-refractivity contribution in [2.75, 3.05) is 13.2 Å². The van der Waals surface area contributed by atoms with Crippen molar-refractivity contribution in [2.45, 2.75) is 13.2 Å². The molecule has 5 nitrogen and oxygen atoms in total. The zero-order valence-corrected chi connectivity index (χ0v) is 9.44. The van der Waals surface area contributed by atoms with Gasteiger partial charge in [-0.3, -0.25) is 0 Å². The van der Waals surface area contributed by atoms with Crippen LogP contribution in [0.15, 0.2) is 24.3 Å². The number of rotatable bonds is 6. The molecule has 0 aliphatic heterocycles. The largest absolute Gasteiger partial charge is 0.447 e. The number of alkyl halides is 2. The van der Waals surface area contributed by atoms with E-state index < -0.39 is 12.7 Å². The predicted octanol–water partition coefficient (Wildman–Crippen LogP) is 1.51. The van der Waals surface area contributed by atoms with Gasteiger partial charge in [0.2, 0.25) is 0 Å². The number of hydrogen-bond donors (Lipinski definition) is 2. The lowest BCUT2D eigenvalue weighted by atomic mass is 10.2. The highest BCUT2D eigenvalue weighted by Gasteiger charge is 2.04. The van der Waals surface area contributed by atoms with E-state index in [9.17, 15) is 13.6 Å². The first-order valence-electron chi connectivity index (χ1n) is 5.17. The second-order valence-electron chi connectivity index (χ2n) is 3.24. The third-order valence-electron chi connectivity index (χ3n) is 1.91. The van der Waals surface area contributed by atoms with Crippen molar-refractivity contribution < 1.29 is 28.2 Å². The highest BCUT2D eigenvalue weighted by Crippen LogP contribution is 2.14. The summed E-state index contributed by atoms with van der Waals surface area (Å²) in [6, 6.07) is 5.85. The first-order valence-corrected chi connectivity index (χ1v) is 5.17. The lowest BCUT2D eigenvalue weighted by Gasteiger charge is -2.07. The van der Waals surface area contributed by atoms with Crippen molar-refractivity contribution in [3.8, 4) is 5.75 Å². The summed E-state index contributed by atoms with van der Waals surface area (Å²) in [4.78, 5) is 11.0. The number of halogens is 2. The van der Waals surface area contributed by atoms with Crippen LogP contribution in [0.5, 0.6) is 5.75 Å². The summed E-state index contributed by atoms with van der Waals surface area (Å²) < 4.78 is 32.5. The van der Waals surface area contributed by atoms with Crippen LogP contribution in [0.3, 0.4) is 0 Å². The first-order chi connectivity index (χ1) is 8.61. The monoisotopic (exact) mass is 261 g/mol. The van der Waals surface area contributed by atoms with Gasteiger partial charge >= 0.3 is 12.7 Å². The van der Waals surface area contributed by atoms with Crippen molar-refractivity contribution in [2.24, 2.45) is 0 Å². The van der Waals surface area contributed by atoms with E-state index in [1.807, 2.05) is 0 Å². The first kappa shape index (κ1) is 14.2. The average Bonchev–Trinajstić information content (AvgIpc) is 2.35. The third-order valence-corrected chi connectivity index (χ3v) is 1.91. The second-order valence-corrected chi connectivity index (χ2v) is 3.24. The Hall–Kier alpha value is -1.89. The Morgan fingerprint density at radius 3 is 2.56 bits per heavy atom. The zero-order chi connectivity index (χ0) is 13.4. The van der Waals surface area contributed by atoms with Crippen molar-refractivity contribution in [3.63, 3.8) is 0 Å². The van der Waals surface area contributed by atoms with Crippen LogP contribution in [0.4, 0.5) is 13.6 Å². The minimum absolute atomic E-state index is 0.0524. The van der Waals surface area contributed by atoms with Gasteiger partial charge in [0.05, 0.1) is 6.61 Å². The van der Waals surface area contributed by atoms with Crippen molar-refractivity contribution in [1.82, 2.24) is 5.32 Å². The predicted molar refractivity (Wildman–Crippen MR) is 58.3 cm³/mol. The van der Waals surface area contributed by atoms with Crippen molar-refractivity contribution in [1.29, 1.82) is 0 Å². The van der Waals surface area contributed by atoms with E-state index in [1.165, 1.54) is 12.1 Å². The Morgan fingerprint density at radius 1 is 1.33 bits per heavy atom. The maximum Gasteiger partial charge on any atom is 0.407 e. The van der Waals surface area contributed by atoms with Gasteiger partial charge < -0.3 is 19.9 Å². The smallest absolute Gasteiger partial charge is 0.407 e. The summed E-state index contributed by atoms with van der Waals surface area (Å²) in [5.74, 6) is 0.0524. The quantitative estimate of drug-likeness (QED) is 0.814. The van der Waals surface area contributed by atoms with Crippen LogP contribution < -0.4 is 10.1 Å². The molecule has 1 aromatic carbocycles. The van der Waals surface area contributed by atoms with Gasteiger partial charge in [-0.25, -0.2) is 4.79 Å². The second kappa shape index (κ2) is 7.44. The van der Waals surface area contributed by atoms with E-state index in [4.69, 9.17) is 5.11 Å². The molecule has 0 aromatic heterocycles. The molecule has 1 rings (SSSR count). The minimum Gasteiger partial charge on any atom is -0.447 e. The van der Waals surface area contributed by atoms with E-state index in [1.54, 1.807) is 12.1 Å². The molecule has 0 heterocycles. The number of nitrogens with one attached hydrogen (secondary N) is 1. The Bertz CT molecular complexity index is 370. The molecule has 1 aromatic rings. The minimum atomic E-state index is -2.86. The molecule has 1 amide bonds. The standard InChI is InChI=1S/C11H13F2NO4/c12-10(13)18-9-3-1-8(2-4-9)7-14-11(16)17-6-5-15/h1-4,10,15H,5-7H2,(H,14,16). The third kappa shape index (κ3) is 5.44. The van der Waals surface area contributed by atoms with Crippen LogP contribution in [0.2, 0.25) is 0 Å². The molecule has 0 aliphatic carbocycles. The number of carbonyl (C=O) groups excluding carboxylic acids is 1.